The first-order valence-electron chi connectivity index (χ1n) is 6.20. The Morgan fingerprint density at radius 1 is 1.33 bits per heavy atom. The van der Waals surface area contributed by atoms with Gasteiger partial charge >= 0.3 is 6.09 Å². The van der Waals surface area contributed by atoms with Crippen molar-refractivity contribution >= 4 is 11.8 Å². The van der Waals surface area contributed by atoms with Crippen molar-refractivity contribution in [2.24, 2.45) is 0 Å². The lowest BCUT2D eigenvalue weighted by Crippen LogP contribution is -2.39. The van der Waals surface area contributed by atoms with Gasteiger partial charge in [0, 0.05) is 11.7 Å². The van der Waals surface area contributed by atoms with Crippen LogP contribution in [0.25, 0.3) is 0 Å². The maximum atomic E-state index is 11.7. The van der Waals surface area contributed by atoms with Crippen molar-refractivity contribution in [1.29, 1.82) is 0 Å². The maximum Gasteiger partial charge on any atom is 0.407 e. The molecule has 0 unspecified atom stereocenters. The Balaban J connectivity index is 1.94. The van der Waals surface area contributed by atoms with E-state index in [0.717, 1.165) is 18.5 Å². The number of nitrogens with two attached hydrogens (primary N) is 1. The van der Waals surface area contributed by atoms with Crippen molar-refractivity contribution in [1.82, 2.24) is 5.32 Å². The van der Waals surface area contributed by atoms with Gasteiger partial charge in [0.15, 0.2) is 0 Å². The van der Waals surface area contributed by atoms with Crippen LogP contribution in [0.3, 0.4) is 0 Å². The fourth-order valence-electron chi connectivity index (χ4n) is 2.21. The third kappa shape index (κ3) is 3.15. The van der Waals surface area contributed by atoms with E-state index in [9.17, 15) is 4.79 Å². The second-order valence-corrected chi connectivity index (χ2v) is 5.78. The van der Waals surface area contributed by atoms with Crippen LogP contribution in [0.15, 0.2) is 18.2 Å². The Labute approximate surface area is 108 Å². The number of nitrogens with one attached hydrogen (secondary N) is 1. The van der Waals surface area contributed by atoms with Crippen LogP contribution in [0, 0.1) is 0 Å². The number of ether oxygens (including phenoxy) is 1. The minimum absolute atomic E-state index is 0.108. The molecule has 1 atom stereocenters. The molecule has 0 aliphatic heterocycles. The van der Waals surface area contributed by atoms with Crippen molar-refractivity contribution in [2.45, 2.75) is 45.3 Å². The summed E-state index contributed by atoms with van der Waals surface area (Å²) in [4.78, 5) is 11.7. The first-order valence-corrected chi connectivity index (χ1v) is 6.20. The third-order valence-corrected chi connectivity index (χ3v) is 2.88. The number of amides is 1. The molecule has 0 aromatic heterocycles. The molecule has 0 bridgehead atoms. The number of anilines is 1. The zero-order chi connectivity index (χ0) is 13.3. The molecule has 98 valence electrons. The Hall–Kier alpha value is -1.71. The number of alkyl carbamates (subject to hydrolysis) is 1. The highest BCUT2D eigenvalue weighted by Gasteiger charge is 2.25. The number of carbonyl (C=O) groups excluding carboxylic acids is 1. The van der Waals surface area contributed by atoms with Crippen molar-refractivity contribution in [2.75, 3.05) is 5.73 Å². The molecule has 1 amide bonds. The second kappa shape index (κ2) is 4.52. The Morgan fingerprint density at radius 3 is 2.67 bits per heavy atom. The highest BCUT2D eigenvalue weighted by molar-refractivity contribution is 5.68. The summed E-state index contributed by atoms with van der Waals surface area (Å²) in [6.07, 6.45) is 1.31. The summed E-state index contributed by atoms with van der Waals surface area (Å²) in [5.41, 5.74) is 8.53. The third-order valence-electron chi connectivity index (χ3n) is 2.88. The van der Waals surface area contributed by atoms with Gasteiger partial charge in [-0.15, -0.1) is 0 Å². The monoisotopic (exact) mass is 248 g/mol. The molecular formula is C14H20N2O2. The number of hydrogen-bond donors (Lipinski definition) is 2. The summed E-state index contributed by atoms with van der Waals surface area (Å²) >= 11 is 0. The van der Waals surface area contributed by atoms with Gasteiger partial charge in [-0.3, -0.25) is 0 Å². The van der Waals surface area contributed by atoms with Crippen LogP contribution in [0.1, 0.15) is 31.9 Å². The van der Waals surface area contributed by atoms with Gasteiger partial charge in [-0.2, -0.15) is 0 Å². The molecule has 18 heavy (non-hydrogen) atoms. The summed E-state index contributed by atoms with van der Waals surface area (Å²) in [5.74, 6) is 0. The van der Waals surface area contributed by atoms with E-state index in [1.807, 2.05) is 39.0 Å². The minimum atomic E-state index is -0.458. The average molecular weight is 248 g/mol. The van der Waals surface area contributed by atoms with Gasteiger partial charge in [0.25, 0.3) is 0 Å². The van der Waals surface area contributed by atoms with E-state index in [1.54, 1.807) is 0 Å². The molecule has 0 saturated heterocycles. The summed E-state index contributed by atoms with van der Waals surface area (Å²) in [5, 5.41) is 2.90. The van der Waals surface area contributed by atoms with Crippen molar-refractivity contribution in [3.8, 4) is 0 Å². The van der Waals surface area contributed by atoms with Crippen molar-refractivity contribution in [3.05, 3.63) is 29.3 Å². The van der Waals surface area contributed by atoms with Gasteiger partial charge < -0.3 is 15.8 Å². The Bertz CT molecular complexity index is 463. The van der Waals surface area contributed by atoms with Gasteiger partial charge in [0.2, 0.25) is 0 Å². The zero-order valence-corrected chi connectivity index (χ0v) is 11.1. The molecule has 1 aromatic carbocycles. The number of nitrogen functional groups attached to an aromatic ring is 1. The van der Waals surface area contributed by atoms with Gasteiger partial charge in [0.1, 0.15) is 5.60 Å². The molecule has 0 radical (unpaired) electrons. The van der Waals surface area contributed by atoms with Gasteiger partial charge in [-0.05, 0) is 56.9 Å². The molecular weight excluding hydrogens is 228 g/mol. The molecule has 1 aliphatic rings. The van der Waals surface area contributed by atoms with E-state index in [-0.39, 0.29) is 12.1 Å². The van der Waals surface area contributed by atoms with E-state index in [2.05, 4.69) is 5.32 Å². The number of fused-ring (bicyclic) bond motifs is 1. The van der Waals surface area contributed by atoms with Crippen LogP contribution in [0.4, 0.5) is 10.5 Å². The summed E-state index contributed by atoms with van der Waals surface area (Å²) in [6, 6.07) is 6.01. The molecule has 3 N–H and O–H groups in total. The molecule has 0 fully saturated rings. The van der Waals surface area contributed by atoms with E-state index in [4.69, 9.17) is 10.5 Å². The standard InChI is InChI=1S/C14H20N2O2/c1-14(2,3)18-13(17)16-12-7-9-4-5-11(15)6-10(9)8-12/h4-6,12H,7-8,15H2,1-3H3,(H,16,17)/t12-/m1/s1. The average Bonchev–Trinajstić information content (AvgIpc) is 2.55. The number of benzene rings is 1. The van der Waals surface area contributed by atoms with Gasteiger partial charge in [0.05, 0.1) is 0 Å². The quantitative estimate of drug-likeness (QED) is 0.749. The van der Waals surface area contributed by atoms with Crippen LogP contribution in [-0.4, -0.2) is 17.7 Å². The van der Waals surface area contributed by atoms with Crippen LogP contribution in [0.5, 0.6) is 0 Å². The van der Waals surface area contributed by atoms with Crippen LogP contribution >= 0.6 is 0 Å². The summed E-state index contributed by atoms with van der Waals surface area (Å²) < 4.78 is 5.25. The van der Waals surface area contributed by atoms with E-state index >= 15 is 0 Å². The SMILES string of the molecule is CC(C)(C)OC(=O)N[C@@H]1Cc2ccc(N)cc2C1. The van der Waals surface area contributed by atoms with Gasteiger partial charge in [-0.1, -0.05) is 6.07 Å². The molecule has 4 nitrogen and oxygen atoms in total. The smallest absolute Gasteiger partial charge is 0.407 e. The Kier molecular flexibility index (Phi) is 3.20. The first-order chi connectivity index (χ1) is 8.33. The lowest BCUT2D eigenvalue weighted by molar-refractivity contribution is 0.0506. The highest BCUT2D eigenvalue weighted by Crippen LogP contribution is 2.24. The van der Waals surface area contributed by atoms with Crippen molar-refractivity contribution in [3.63, 3.8) is 0 Å². The molecule has 1 aromatic rings. The molecule has 0 heterocycles. The lowest BCUT2D eigenvalue weighted by atomic mass is 10.1. The van der Waals surface area contributed by atoms with Crippen LogP contribution in [-0.2, 0) is 17.6 Å². The minimum Gasteiger partial charge on any atom is -0.444 e. The predicted octanol–water partition coefficient (Wildman–Crippen LogP) is 2.26. The van der Waals surface area contributed by atoms with E-state index < -0.39 is 5.60 Å². The molecule has 0 saturated carbocycles. The summed E-state index contributed by atoms with van der Waals surface area (Å²) in [7, 11) is 0. The normalized spacial score (nSPS) is 18.3. The van der Waals surface area contributed by atoms with Crippen LogP contribution < -0.4 is 11.1 Å². The molecule has 4 heteroatoms. The fraction of sp³-hybridized carbons (Fsp3) is 0.500. The largest absolute Gasteiger partial charge is 0.444 e. The fourth-order valence-corrected chi connectivity index (χ4v) is 2.21. The maximum absolute atomic E-state index is 11.7. The van der Waals surface area contributed by atoms with E-state index in [1.165, 1.54) is 11.1 Å². The molecule has 0 spiro atoms. The van der Waals surface area contributed by atoms with E-state index in [0.29, 0.717) is 0 Å². The second-order valence-electron chi connectivity index (χ2n) is 5.78. The number of rotatable bonds is 1. The predicted molar refractivity (Wildman–Crippen MR) is 71.4 cm³/mol. The molecule has 1 aliphatic carbocycles. The number of hydrogen-bond acceptors (Lipinski definition) is 3. The van der Waals surface area contributed by atoms with Gasteiger partial charge in [-0.25, -0.2) is 4.79 Å². The zero-order valence-electron chi connectivity index (χ0n) is 11.1. The molecule has 2 rings (SSSR count). The summed E-state index contributed by atoms with van der Waals surface area (Å²) in [6.45, 7) is 5.57. The lowest BCUT2D eigenvalue weighted by Gasteiger charge is -2.21. The first kappa shape index (κ1) is 12.7. The topological polar surface area (TPSA) is 64.3 Å². The number of carbonyl (C=O) groups is 1. The van der Waals surface area contributed by atoms with Crippen LogP contribution in [0.2, 0.25) is 0 Å². The highest BCUT2D eigenvalue weighted by atomic mass is 16.6. The Morgan fingerprint density at radius 2 is 2.00 bits per heavy atom. The van der Waals surface area contributed by atoms with Crippen molar-refractivity contribution < 1.29 is 9.53 Å².